The fraction of sp³-hybridized carbons (Fsp3) is 0.167. The van der Waals surface area contributed by atoms with E-state index in [0.29, 0.717) is 0 Å². The number of hydrogen-bond acceptors (Lipinski definition) is 2. The number of benzene rings is 2. The number of rotatable bonds is 4. The van der Waals surface area contributed by atoms with Crippen LogP contribution < -0.4 is 9.47 Å². The van der Waals surface area contributed by atoms with Crippen molar-refractivity contribution in [3.8, 4) is 22.8 Å². The van der Waals surface area contributed by atoms with Gasteiger partial charge in [0, 0.05) is 22.2 Å². The van der Waals surface area contributed by atoms with Crippen molar-refractivity contribution in [2.45, 2.75) is 6.42 Å². The van der Waals surface area contributed by atoms with Gasteiger partial charge in [-0.1, -0.05) is 18.2 Å². The van der Waals surface area contributed by atoms with Gasteiger partial charge in [0.1, 0.15) is 0 Å². The molecule has 0 unspecified atom stereocenters. The van der Waals surface area contributed by atoms with Gasteiger partial charge in [-0.25, -0.2) is 0 Å². The number of aromatic amines is 1. The molecule has 0 atom stereocenters. The van der Waals surface area contributed by atoms with Gasteiger partial charge < -0.3 is 14.5 Å². The van der Waals surface area contributed by atoms with Crippen LogP contribution >= 0.6 is 0 Å². The molecule has 0 spiro atoms. The Labute approximate surface area is 124 Å². The molecular weight excluding hydrogens is 262 g/mol. The molecule has 0 amide bonds. The summed E-state index contributed by atoms with van der Waals surface area (Å²) in [4.78, 5) is 3.48. The average Bonchev–Trinajstić information content (AvgIpc) is 2.92. The van der Waals surface area contributed by atoms with Crippen LogP contribution in [0.4, 0.5) is 0 Å². The number of nitrogens with one attached hydrogen (secondary N) is 1. The Morgan fingerprint density at radius 3 is 2.48 bits per heavy atom. The first-order valence-corrected chi connectivity index (χ1v) is 6.89. The van der Waals surface area contributed by atoms with Gasteiger partial charge in [0.05, 0.1) is 14.2 Å². The molecular formula is C18H18NO2. The summed E-state index contributed by atoms with van der Waals surface area (Å²) in [5.41, 5.74) is 4.51. The molecule has 0 bridgehead atoms. The Balaban J connectivity index is 2.20. The quantitative estimate of drug-likeness (QED) is 0.776. The molecule has 3 heteroatoms. The molecule has 0 saturated carbocycles. The first-order chi connectivity index (χ1) is 10.3. The van der Waals surface area contributed by atoms with Gasteiger partial charge in [0.25, 0.3) is 0 Å². The first-order valence-electron chi connectivity index (χ1n) is 6.89. The summed E-state index contributed by atoms with van der Waals surface area (Å²) in [7, 11) is 3.29. The van der Waals surface area contributed by atoms with Crippen molar-refractivity contribution in [1.82, 2.24) is 4.98 Å². The minimum absolute atomic E-state index is 0.726. The fourth-order valence-electron chi connectivity index (χ4n) is 2.70. The second-order valence-corrected chi connectivity index (χ2v) is 4.84. The topological polar surface area (TPSA) is 34.2 Å². The largest absolute Gasteiger partial charge is 0.493 e. The van der Waals surface area contributed by atoms with Crippen LogP contribution in [0.5, 0.6) is 11.5 Å². The standard InChI is InChI=1S/C18H18NO2/c1-4-13-14-7-5-6-8-15(14)19-18(13)12-9-10-16(20-2)17(11-12)21-3/h5-11,19H,1,4H2,2-3H3. The molecule has 0 aliphatic carbocycles. The van der Waals surface area contributed by atoms with Crippen molar-refractivity contribution < 1.29 is 9.47 Å². The van der Waals surface area contributed by atoms with E-state index in [1.54, 1.807) is 14.2 Å². The highest BCUT2D eigenvalue weighted by Crippen LogP contribution is 2.35. The molecule has 0 aliphatic heterocycles. The average molecular weight is 280 g/mol. The maximum atomic E-state index is 5.39. The van der Waals surface area contributed by atoms with Crippen molar-refractivity contribution in [1.29, 1.82) is 0 Å². The molecule has 1 radical (unpaired) electrons. The molecule has 3 nitrogen and oxygen atoms in total. The van der Waals surface area contributed by atoms with E-state index in [1.165, 1.54) is 10.9 Å². The van der Waals surface area contributed by atoms with Crippen LogP contribution in [0.2, 0.25) is 0 Å². The number of aromatic nitrogens is 1. The highest BCUT2D eigenvalue weighted by Gasteiger charge is 2.13. The summed E-state index contributed by atoms with van der Waals surface area (Å²) in [5, 5.41) is 1.22. The first kappa shape index (κ1) is 13.6. The number of para-hydroxylation sites is 1. The van der Waals surface area contributed by atoms with Crippen LogP contribution in [0.25, 0.3) is 22.2 Å². The molecule has 1 aromatic heterocycles. The van der Waals surface area contributed by atoms with Crippen molar-refractivity contribution in [2.75, 3.05) is 14.2 Å². The van der Waals surface area contributed by atoms with E-state index in [4.69, 9.17) is 9.47 Å². The lowest BCUT2D eigenvalue weighted by Crippen LogP contribution is -1.92. The molecule has 21 heavy (non-hydrogen) atoms. The maximum absolute atomic E-state index is 5.39. The van der Waals surface area contributed by atoms with Crippen LogP contribution in [-0.2, 0) is 6.42 Å². The van der Waals surface area contributed by atoms with Crippen LogP contribution in [-0.4, -0.2) is 19.2 Å². The third-order valence-electron chi connectivity index (χ3n) is 3.74. The summed E-state index contributed by atoms with van der Waals surface area (Å²) in [6.45, 7) is 4.06. The minimum Gasteiger partial charge on any atom is -0.493 e. The normalized spacial score (nSPS) is 10.8. The van der Waals surface area contributed by atoms with E-state index in [1.807, 2.05) is 30.3 Å². The Morgan fingerprint density at radius 1 is 1.00 bits per heavy atom. The monoisotopic (exact) mass is 280 g/mol. The van der Waals surface area contributed by atoms with Crippen LogP contribution in [0.3, 0.4) is 0 Å². The smallest absolute Gasteiger partial charge is 0.161 e. The van der Waals surface area contributed by atoms with E-state index < -0.39 is 0 Å². The third kappa shape index (κ3) is 2.25. The number of hydrogen-bond donors (Lipinski definition) is 1. The van der Waals surface area contributed by atoms with Gasteiger partial charge in [0.15, 0.2) is 11.5 Å². The third-order valence-corrected chi connectivity index (χ3v) is 3.74. The molecule has 3 aromatic rings. The highest BCUT2D eigenvalue weighted by molar-refractivity contribution is 5.91. The van der Waals surface area contributed by atoms with E-state index in [0.717, 1.165) is 34.7 Å². The number of fused-ring (bicyclic) bond motifs is 1. The summed E-state index contributed by atoms with van der Waals surface area (Å²) in [6, 6.07) is 14.2. The molecule has 0 saturated heterocycles. The Bertz CT molecular complexity index is 774. The van der Waals surface area contributed by atoms with E-state index in [9.17, 15) is 0 Å². The summed E-state index contributed by atoms with van der Waals surface area (Å²) in [5.74, 6) is 1.46. The van der Waals surface area contributed by atoms with E-state index >= 15 is 0 Å². The molecule has 1 N–H and O–H groups in total. The predicted molar refractivity (Wildman–Crippen MR) is 85.9 cm³/mol. The van der Waals surface area contributed by atoms with Crippen LogP contribution in [0.1, 0.15) is 5.56 Å². The van der Waals surface area contributed by atoms with Gasteiger partial charge in [-0.3, -0.25) is 0 Å². The van der Waals surface area contributed by atoms with Gasteiger partial charge in [-0.05, 0) is 43.2 Å². The molecule has 2 aromatic carbocycles. The van der Waals surface area contributed by atoms with Crippen molar-refractivity contribution in [2.24, 2.45) is 0 Å². The van der Waals surface area contributed by atoms with Crippen molar-refractivity contribution >= 4 is 10.9 Å². The Morgan fingerprint density at radius 2 is 1.76 bits per heavy atom. The summed E-state index contributed by atoms with van der Waals surface area (Å²) >= 11 is 0. The van der Waals surface area contributed by atoms with Crippen molar-refractivity contribution in [3.63, 3.8) is 0 Å². The van der Waals surface area contributed by atoms with Crippen molar-refractivity contribution in [3.05, 3.63) is 55.0 Å². The number of ether oxygens (including phenoxy) is 2. The molecule has 3 rings (SSSR count). The highest BCUT2D eigenvalue weighted by atomic mass is 16.5. The Hall–Kier alpha value is -2.42. The number of H-pyrrole nitrogens is 1. The zero-order valence-electron chi connectivity index (χ0n) is 12.3. The zero-order valence-corrected chi connectivity index (χ0v) is 12.3. The fourth-order valence-corrected chi connectivity index (χ4v) is 2.70. The van der Waals surface area contributed by atoms with Crippen LogP contribution in [0, 0.1) is 6.92 Å². The summed E-state index contributed by atoms with van der Waals surface area (Å²) < 4.78 is 10.7. The maximum Gasteiger partial charge on any atom is 0.161 e. The lowest BCUT2D eigenvalue weighted by atomic mass is 10.0. The number of methoxy groups -OCH3 is 2. The zero-order chi connectivity index (χ0) is 14.8. The second kappa shape index (κ2) is 5.52. The minimum atomic E-state index is 0.726. The predicted octanol–water partition coefficient (Wildman–Crippen LogP) is 4.23. The lowest BCUT2D eigenvalue weighted by molar-refractivity contribution is 0.355. The SMILES string of the molecule is [CH2]Cc1c(-c2ccc(OC)c(OC)c2)[nH]c2ccccc12. The summed E-state index contributed by atoms with van der Waals surface area (Å²) in [6.07, 6.45) is 0.730. The lowest BCUT2D eigenvalue weighted by Gasteiger charge is -2.10. The van der Waals surface area contributed by atoms with Crippen LogP contribution in [0.15, 0.2) is 42.5 Å². The molecule has 107 valence electrons. The molecule has 1 heterocycles. The van der Waals surface area contributed by atoms with Gasteiger partial charge in [0.2, 0.25) is 0 Å². The second-order valence-electron chi connectivity index (χ2n) is 4.84. The van der Waals surface area contributed by atoms with Gasteiger partial charge >= 0.3 is 0 Å². The Kier molecular flexibility index (Phi) is 3.57. The van der Waals surface area contributed by atoms with E-state index in [-0.39, 0.29) is 0 Å². The molecule has 0 fully saturated rings. The van der Waals surface area contributed by atoms with Gasteiger partial charge in [-0.2, -0.15) is 0 Å². The molecule has 0 aliphatic rings. The van der Waals surface area contributed by atoms with E-state index in [2.05, 4.69) is 24.0 Å². The van der Waals surface area contributed by atoms with Gasteiger partial charge in [-0.15, -0.1) is 0 Å².